The van der Waals surface area contributed by atoms with Crippen molar-refractivity contribution >= 4 is 56.7 Å². The molecule has 2 N–H and O–H groups in total. The van der Waals surface area contributed by atoms with E-state index in [0.29, 0.717) is 26.6 Å². The van der Waals surface area contributed by atoms with Crippen molar-refractivity contribution in [2.75, 3.05) is 12.4 Å². The third kappa shape index (κ3) is 4.12. The molecule has 0 aliphatic carbocycles. The van der Waals surface area contributed by atoms with Crippen LogP contribution in [-0.4, -0.2) is 40.0 Å². The smallest absolute Gasteiger partial charge is 0.337 e. The van der Waals surface area contributed by atoms with Crippen molar-refractivity contribution in [1.82, 2.24) is 20.2 Å². The fraction of sp³-hybridized carbons (Fsp3) is 0.300. The molecule has 0 saturated carbocycles. The number of amides is 2. The fourth-order valence-electron chi connectivity index (χ4n) is 3.33. The van der Waals surface area contributed by atoms with Gasteiger partial charge < -0.3 is 15.4 Å². The van der Waals surface area contributed by atoms with Gasteiger partial charge in [-0.05, 0) is 25.3 Å². The normalized spacial score (nSPS) is 16.4. The zero-order valence-electron chi connectivity index (χ0n) is 17.1. The van der Waals surface area contributed by atoms with Gasteiger partial charge in [0, 0.05) is 34.3 Å². The Hall–Kier alpha value is -2.63. The minimum absolute atomic E-state index is 0.125. The SMILES string of the molecule is CCOC(=O)C1=C(CSc2nc3scc(-c4cccs4)c3c(=O)n2C)NC(=O)NC1C. The molecule has 0 radical (unpaired) electrons. The number of esters is 1. The summed E-state index contributed by atoms with van der Waals surface area (Å²) in [7, 11) is 1.68. The van der Waals surface area contributed by atoms with Gasteiger partial charge in [0.15, 0.2) is 5.16 Å². The van der Waals surface area contributed by atoms with Crippen molar-refractivity contribution in [3.63, 3.8) is 0 Å². The summed E-state index contributed by atoms with van der Waals surface area (Å²) < 4.78 is 6.65. The molecule has 8 nitrogen and oxygen atoms in total. The number of urea groups is 1. The molecule has 1 aliphatic rings. The number of thiophene rings is 2. The maximum atomic E-state index is 13.1. The van der Waals surface area contributed by atoms with Gasteiger partial charge in [-0.15, -0.1) is 22.7 Å². The van der Waals surface area contributed by atoms with Gasteiger partial charge in [-0.3, -0.25) is 9.36 Å². The Morgan fingerprint density at radius 2 is 2.16 bits per heavy atom. The molecular weight excluding hydrogens is 456 g/mol. The molecule has 1 aliphatic heterocycles. The lowest BCUT2D eigenvalue weighted by molar-refractivity contribution is -0.138. The van der Waals surface area contributed by atoms with Crippen LogP contribution in [0.1, 0.15) is 13.8 Å². The zero-order chi connectivity index (χ0) is 22.1. The number of carbonyl (C=O) groups is 2. The fourth-order valence-corrected chi connectivity index (χ4v) is 6.07. The summed E-state index contributed by atoms with van der Waals surface area (Å²) in [4.78, 5) is 43.8. The van der Waals surface area contributed by atoms with Crippen LogP contribution in [-0.2, 0) is 16.6 Å². The highest BCUT2D eigenvalue weighted by atomic mass is 32.2. The second-order valence-electron chi connectivity index (χ2n) is 6.79. The number of thioether (sulfide) groups is 1. The van der Waals surface area contributed by atoms with Crippen LogP contribution in [0.2, 0.25) is 0 Å². The molecule has 0 bridgehead atoms. The topological polar surface area (TPSA) is 102 Å². The third-order valence-electron chi connectivity index (χ3n) is 4.77. The van der Waals surface area contributed by atoms with Crippen LogP contribution in [0.4, 0.5) is 4.79 Å². The van der Waals surface area contributed by atoms with Crippen molar-refractivity contribution in [3.05, 3.63) is 44.5 Å². The van der Waals surface area contributed by atoms with Crippen LogP contribution < -0.4 is 16.2 Å². The standard InChI is InChI=1S/C20H20N4O4S3/c1-4-28-18(26)14-10(2)21-19(27)22-12(14)9-31-20-23-16-15(17(25)24(20)3)11(8-30-16)13-6-5-7-29-13/h5-8,10H,4,9H2,1-3H3,(H2,21,22,27). The van der Waals surface area contributed by atoms with E-state index < -0.39 is 12.0 Å². The average molecular weight is 477 g/mol. The highest BCUT2D eigenvalue weighted by Gasteiger charge is 2.30. The van der Waals surface area contributed by atoms with Gasteiger partial charge in [0.1, 0.15) is 4.83 Å². The molecule has 0 fully saturated rings. The zero-order valence-corrected chi connectivity index (χ0v) is 19.5. The van der Waals surface area contributed by atoms with E-state index in [0.717, 1.165) is 10.4 Å². The van der Waals surface area contributed by atoms with Crippen LogP contribution in [0.3, 0.4) is 0 Å². The van der Waals surface area contributed by atoms with Crippen LogP contribution in [0.5, 0.6) is 0 Å². The summed E-state index contributed by atoms with van der Waals surface area (Å²) in [5.74, 6) is -0.213. The first kappa shape index (κ1) is 21.6. The van der Waals surface area contributed by atoms with Crippen LogP contribution in [0.15, 0.2) is 44.1 Å². The van der Waals surface area contributed by atoms with E-state index in [2.05, 4.69) is 15.6 Å². The molecule has 31 heavy (non-hydrogen) atoms. The predicted octanol–water partition coefficient (Wildman–Crippen LogP) is 3.33. The Bertz CT molecular complexity index is 1240. The molecule has 2 amide bonds. The van der Waals surface area contributed by atoms with Crippen LogP contribution in [0, 0.1) is 0 Å². The molecule has 4 rings (SSSR count). The number of aromatic nitrogens is 2. The van der Waals surface area contributed by atoms with Crippen molar-refractivity contribution in [2.45, 2.75) is 25.0 Å². The van der Waals surface area contributed by atoms with Gasteiger partial charge >= 0.3 is 12.0 Å². The maximum Gasteiger partial charge on any atom is 0.337 e. The van der Waals surface area contributed by atoms with E-state index in [1.807, 2.05) is 22.9 Å². The molecule has 4 heterocycles. The number of rotatable bonds is 6. The van der Waals surface area contributed by atoms with Gasteiger partial charge in [-0.2, -0.15) is 0 Å². The Morgan fingerprint density at radius 1 is 1.35 bits per heavy atom. The lowest BCUT2D eigenvalue weighted by atomic mass is 10.1. The number of nitrogens with one attached hydrogen (secondary N) is 2. The highest BCUT2D eigenvalue weighted by molar-refractivity contribution is 7.99. The number of ether oxygens (including phenoxy) is 1. The van der Waals surface area contributed by atoms with Crippen molar-refractivity contribution in [2.24, 2.45) is 7.05 Å². The molecular formula is C20H20N4O4S3. The van der Waals surface area contributed by atoms with Crippen molar-refractivity contribution in [1.29, 1.82) is 0 Å². The average Bonchev–Trinajstić information content (AvgIpc) is 3.38. The summed E-state index contributed by atoms with van der Waals surface area (Å²) in [6.45, 7) is 3.70. The highest BCUT2D eigenvalue weighted by Crippen LogP contribution is 2.34. The van der Waals surface area contributed by atoms with Gasteiger partial charge in [-0.1, -0.05) is 17.8 Å². The first-order chi connectivity index (χ1) is 14.9. The largest absolute Gasteiger partial charge is 0.463 e. The first-order valence-corrected chi connectivity index (χ1v) is 12.3. The van der Waals surface area contributed by atoms with E-state index in [9.17, 15) is 14.4 Å². The van der Waals surface area contributed by atoms with Crippen molar-refractivity contribution in [3.8, 4) is 10.4 Å². The second-order valence-corrected chi connectivity index (χ2v) is 9.54. The van der Waals surface area contributed by atoms with E-state index in [-0.39, 0.29) is 24.0 Å². The van der Waals surface area contributed by atoms with E-state index in [1.165, 1.54) is 27.7 Å². The summed E-state index contributed by atoms with van der Waals surface area (Å²) in [5.41, 5.74) is 1.60. The predicted molar refractivity (Wildman–Crippen MR) is 124 cm³/mol. The van der Waals surface area contributed by atoms with Crippen molar-refractivity contribution < 1.29 is 14.3 Å². The number of hydrogen-bond donors (Lipinski definition) is 2. The van der Waals surface area contributed by atoms with E-state index in [1.54, 1.807) is 32.2 Å². The lowest BCUT2D eigenvalue weighted by Gasteiger charge is -2.26. The summed E-state index contributed by atoms with van der Waals surface area (Å²) in [5, 5.41) is 10.4. The third-order valence-corrected chi connectivity index (χ3v) is 7.60. The van der Waals surface area contributed by atoms with Crippen LogP contribution >= 0.6 is 34.4 Å². The number of nitrogens with zero attached hydrogens (tertiary/aromatic N) is 2. The summed E-state index contributed by atoms with van der Waals surface area (Å²) in [6.07, 6.45) is 0. The second kappa shape index (κ2) is 8.85. The monoisotopic (exact) mass is 476 g/mol. The maximum absolute atomic E-state index is 13.1. The number of hydrogen-bond acceptors (Lipinski definition) is 8. The van der Waals surface area contributed by atoms with Gasteiger partial charge in [0.2, 0.25) is 0 Å². The minimum Gasteiger partial charge on any atom is -0.463 e. The number of fused-ring (bicyclic) bond motifs is 1. The van der Waals surface area contributed by atoms with Gasteiger partial charge in [0.25, 0.3) is 5.56 Å². The molecule has 0 saturated heterocycles. The van der Waals surface area contributed by atoms with Gasteiger partial charge in [0.05, 0.1) is 23.6 Å². The Kier molecular flexibility index (Phi) is 6.17. The van der Waals surface area contributed by atoms with E-state index in [4.69, 9.17) is 4.74 Å². The quantitative estimate of drug-likeness (QED) is 0.321. The Labute approximate surface area is 190 Å². The minimum atomic E-state index is -0.478. The summed E-state index contributed by atoms with van der Waals surface area (Å²) >= 11 is 4.29. The Morgan fingerprint density at radius 3 is 2.87 bits per heavy atom. The molecule has 162 valence electrons. The molecule has 1 unspecified atom stereocenters. The molecule has 3 aromatic heterocycles. The first-order valence-electron chi connectivity index (χ1n) is 9.53. The van der Waals surface area contributed by atoms with Crippen LogP contribution in [0.25, 0.3) is 20.7 Å². The lowest BCUT2D eigenvalue weighted by Crippen LogP contribution is -2.49. The summed E-state index contributed by atoms with van der Waals surface area (Å²) in [6, 6.07) is 3.08. The molecule has 0 aromatic carbocycles. The molecule has 3 aromatic rings. The molecule has 0 spiro atoms. The van der Waals surface area contributed by atoms with Gasteiger partial charge in [-0.25, -0.2) is 14.6 Å². The molecule has 1 atom stereocenters. The number of carbonyl (C=O) groups excluding carboxylic acids is 2. The Balaban J connectivity index is 1.68. The van der Waals surface area contributed by atoms with E-state index >= 15 is 0 Å². The molecule has 11 heteroatoms.